The Bertz CT molecular complexity index is 969. The van der Waals surface area contributed by atoms with Gasteiger partial charge >= 0.3 is 0 Å². The van der Waals surface area contributed by atoms with Crippen LogP contribution in [0.4, 0.5) is 5.69 Å². The lowest BCUT2D eigenvalue weighted by molar-refractivity contribution is 0.287. The molecular formula is C15H16Cl2N2O4S3. The summed E-state index contributed by atoms with van der Waals surface area (Å²) in [5, 5.41) is 0.205. The summed E-state index contributed by atoms with van der Waals surface area (Å²) in [7, 11) is -6.64. The Morgan fingerprint density at radius 1 is 1.12 bits per heavy atom. The van der Waals surface area contributed by atoms with E-state index in [-0.39, 0.29) is 25.1 Å². The van der Waals surface area contributed by atoms with E-state index in [9.17, 15) is 16.8 Å². The third kappa shape index (κ3) is 4.90. The lowest BCUT2D eigenvalue weighted by atomic mass is 10.2. The van der Waals surface area contributed by atoms with Gasteiger partial charge in [0.25, 0.3) is 10.0 Å². The van der Waals surface area contributed by atoms with E-state index in [1.165, 1.54) is 6.07 Å². The molecule has 6 nitrogen and oxygen atoms in total. The number of hydrogen-bond acceptors (Lipinski definition) is 6. The molecule has 3 rings (SSSR count). The SMILES string of the molecule is O=S1(=O)CCN(Cc2ccc(NS(=O)(=O)c3cc(Cl)c(Cl)s3)cc2)CC1. The van der Waals surface area contributed by atoms with E-state index in [4.69, 9.17) is 23.2 Å². The molecule has 0 unspecified atom stereocenters. The molecule has 0 radical (unpaired) electrons. The number of benzene rings is 1. The number of nitrogens with zero attached hydrogens (tertiary/aromatic N) is 1. The minimum absolute atomic E-state index is 0.0473. The van der Waals surface area contributed by atoms with Crippen LogP contribution in [0.5, 0.6) is 0 Å². The van der Waals surface area contributed by atoms with Crippen molar-refractivity contribution < 1.29 is 16.8 Å². The molecule has 0 aliphatic carbocycles. The van der Waals surface area contributed by atoms with Crippen molar-refractivity contribution in [3.63, 3.8) is 0 Å². The van der Waals surface area contributed by atoms with Crippen LogP contribution in [-0.4, -0.2) is 46.3 Å². The van der Waals surface area contributed by atoms with Gasteiger partial charge in [-0.25, -0.2) is 16.8 Å². The van der Waals surface area contributed by atoms with Gasteiger partial charge in [-0.3, -0.25) is 9.62 Å². The third-order valence-electron chi connectivity index (χ3n) is 3.94. The smallest absolute Gasteiger partial charge is 0.271 e. The summed E-state index contributed by atoms with van der Waals surface area (Å²) in [6.45, 7) is 1.64. The lowest BCUT2D eigenvalue weighted by Gasteiger charge is -2.26. The molecule has 1 aliphatic heterocycles. The van der Waals surface area contributed by atoms with E-state index in [0.717, 1.165) is 16.9 Å². The van der Waals surface area contributed by atoms with Crippen LogP contribution in [0.15, 0.2) is 34.5 Å². The Morgan fingerprint density at radius 2 is 1.73 bits per heavy atom. The minimum atomic E-state index is -3.75. The first-order valence-electron chi connectivity index (χ1n) is 7.64. The second-order valence-corrected chi connectivity index (χ2v) is 12.2. The Hall–Kier alpha value is -0.840. The van der Waals surface area contributed by atoms with Crippen molar-refractivity contribution in [2.75, 3.05) is 29.3 Å². The monoisotopic (exact) mass is 454 g/mol. The topological polar surface area (TPSA) is 83.6 Å². The Labute approximate surface area is 166 Å². The largest absolute Gasteiger partial charge is 0.297 e. The standard InChI is InChI=1S/C15H16Cl2N2O4S3/c16-13-9-14(24-15(13)17)26(22,23)18-12-3-1-11(2-4-12)10-19-5-7-25(20,21)8-6-19/h1-4,9,18H,5-8,10H2. The molecule has 1 aromatic carbocycles. The molecule has 142 valence electrons. The van der Waals surface area contributed by atoms with Crippen molar-refractivity contribution in [2.24, 2.45) is 0 Å². The number of sulfone groups is 1. The van der Waals surface area contributed by atoms with Crippen molar-refractivity contribution in [1.29, 1.82) is 0 Å². The fourth-order valence-electron chi connectivity index (χ4n) is 2.51. The number of nitrogens with one attached hydrogen (secondary N) is 1. The Morgan fingerprint density at radius 3 is 2.27 bits per heavy atom. The molecule has 0 bridgehead atoms. The first kappa shape index (κ1) is 19.9. The van der Waals surface area contributed by atoms with Gasteiger partial charge in [0.1, 0.15) is 8.55 Å². The van der Waals surface area contributed by atoms with E-state index < -0.39 is 19.9 Å². The van der Waals surface area contributed by atoms with Crippen molar-refractivity contribution in [3.8, 4) is 0 Å². The van der Waals surface area contributed by atoms with Crippen LogP contribution in [-0.2, 0) is 26.4 Å². The summed E-state index contributed by atoms with van der Waals surface area (Å²) >= 11 is 12.5. The molecule has 1 fully saturated rings. The highest BCUT2D eigenvalue weighted by Crippen LogP contribution is 2.35. The predicted octanol–water partition coefficient (Wildman–Crippen LogP) is 3.09. The van der Waals surface area contributed by atoms with Crippen LogP contribution >= 0.6 is 34.5 Å². The molecule has 0 atom stereocenters. The average Bonchev–Trinajstić information content (AvgIpc) is 2.91. The zero-order valence-electron chi connectivity index (χ0n) is 13.5. The first-order valence-corrected chi connectivity index (χ1v) is 12.5. The van der Waals surface area contributed by atoms with Crippen LogP contribution in [0.2, 0.25) is 9.36 Å². The van der Waals surface area contributed by atoms with Crippen molar-refractivity contribution >= 4 is 60.1 Å². The molecule has 1 saturated heterocycles. The van der Waals surface area contributed by atoms with Gasteiger partial charge in [0.15, 0.2) is 9.84 Å². The average molecular weight is 455 g/mol. The van der Waals surface area contributed by atoms with Gasteiger partial charge in [0, 0.05) is 25.3 Å². The van der Waals surface area contributed by atoms with Crippen LogP contribution in [0.25, 0.3) is 0 Å². The second-order valence-electron chi connectivity index (χ2n) is 5.92. The fourth-order valence-corrected chi connectivity index (χ4v) is 6.73. The molecule has 11 heteroatoms. The van der Waals surface area contributed by atoms with Crippen LogP contribution in [0.3, 0.4) is 0 Å². The fraction of sp³-hybridized carbons (Fsp3) is 0.333. The number of sulfonamides is 1. The summed E-state index contributed by atoms with van der Waals surface area (Å²) < 4.78 is 50.4. The Kier molecular flexibility index (Phi) is 5.86. The van der Waals surface area contributed by atoms with E-state index in [0.29, 0.717) is 25.3 Å². The summed E-state index contributed by atoms with van der Waals surface area (Å²) in [4.78, 5) is 2.07. The molecule has 2 heterocycles. The first-order chi connectivity index (χ1) is 12.1. The zero-order chi connectivity index (χ0) is 18.9. The molecular weight excluding hydrogens is 439 g/mol. The molecule has 1 N–H and O–H groups in total. The maximum absolute atomic E-state index is 12.3. The van der Waals surface area contributed by atoms with Crippen LogP contribution in [0.1, 0.15) is 5.56 Å². The van der Waals surface area contributed by atoms with E-state index >= 15 is 0 Å². The highest BCUT2D eigenvalue weighted by atomic mass is 35.5. The van der Waals surface area contributed by atoms with Crippen LogP contribution in [0, 0.1) is 0 Å². The second kappa shape index (κ2) is 7.65. The summed E-state index contributed by atoms with van der Waals surface area (Å²) in [5.74, 6) is 0.355. The number of thiophene rings is 1. The van der Waals surface area contributed by atoms with E-state index in [2.05, 4.69) is 9.62 Å². The van der Waals surface area contributed by atoms with Gasteiger partial charge in [0.2, 0.25) is 0 Å². The van der Waals surface area contributed by atoms with Gasteiger partial charge in [-0.1, -0.05) is 35.3 Å². The van der Waals surface area contributed by atoms with E-state index in [1.54, 1.807) is 12.1 Å². The quantitative estimate of drug-likeness (QED) is 0.749. The summed E-state index contributed by atoms with van der Waals surface area (Å²) in [6.07, 6.45) is 0. The van der Waals surface area contributed by atoms with Gasteiger partial charge in [-0.2, -0.15) is 0 Å². The maximum atomic E-state index is 12.3. The van der Waals surface area contributed by atoms with E-state index in [1.807, 2.05) is 12.1 Å². The maximum Gasteiger partial charge on any atom is 0.271 e. The molecule has 0 saturated carbocycles. The summed E-state index contributed by atoms with van der Waals surface area (Å²) in [6, 6.07) is 8.29. The number of anilines is 1. The zero-order valence-corrected chi connectivity index (χ0v) is 17.4. The molecule has 0 spiro atoms. The third-order valence-corrected chi connectivity index (χ3v) is 9.27. The molecule has 0 amide bonds. The normalized spacial score (nSPS) is 17.9. The van der Waals surface area contributed by atoms with Crippen LogP contribution < -0.4 is 4.72 Å². The highest BCUT2D eigenvalue weighted by molar-refractivity contribution is 7.94. The van der Waals surface area contributed by atoms with Crippen molar-refractivity contribution in [1.82, 2.24) is 4.90 Å². The molecule has 1 aliphatic rings. The number of rotatable bonds is 5. The predicted molar refractivity (Wildman–Crippen MR) is 106 cm³/mol. The number of hydrogen-bond donors (Lipinski definition) is 1. The summed E-state index contributed by atoms with van der Waals surface area (Å²) in [5.41, 5.74) is 1.41. The van der Waals surface area contributed by atoms with Gasteiger partial charge in [-0.15, -0.1) is 11.3 Å². The molecule has 26 heavy (non-hydrogen) atoms. The van der Waals surface area contributed by atoms with Crippen molar-refractivity contribution in [2.45, 2.75) is 10.8 Å². The van der Waals surface area contributed by atoms with Gasteiger partial charge in [0.05, 0.1) is 16.5 Å². The highest BCUT2D eigenvalue weighted by Gasteiger charge is 2.22. The van der Waals surface area contributed by atoms with Gasteiger partial charge in [-0.05, 0) is 23.8 Å². The van der Waals surface area contributed by atoms with Crippen molar-refractivity contribution in [3.05, 3.63) is 45.3 Å². The molecule has 1 aromatic heterocycles. The number of halogens is 2. The molecule has 2 aromatic rings. The minimum Gasteiger partial charge on any atom is -0.297 e. The van der Waals surface area contributed by atoms with Gasteiger partial charge < -0.3 is 0 Å². The lowest BCUT2D eigenvalue weighted by Crippen LogP contribution is -2.39. The Balaban J connectivity index is 1.64.